The van der Waals surface area contributed by atoms with E-state index in [1.54, 1.807) is 6.07 Å². The first-order valence-corrected chi connectivity index (χ1v) is 11.3. The number of alkyl halides is 3. The number of nitrogens with one attached hydrogen (secondary N) is 1. The average molecular weight is 497 g/mol. The summed E-state index contributed by atoms with van der Waals surface area (Å²) in [7, 11) is 0. The molecule has 2 amide bonds. The monoisotopic (exact) mass is 497 g/mol. The van der Waals surface area contributed by atoms with Gasteiger partial charge in [0, 0.05) is 32.2 Å². The maximum absolute atomic E-state index is 13.3. The van der Waals surface area contributed by atoms with Crippen LogP contribution in [0, 0.1) is 13.8 Å². The number of aromatic nitrogens is 2. The van der Waals surface area contributed by atoms with E-state index in [4.69, 9.17) is 4.74 Å². The van der Waals surface area contributed by atoms with Crippen LogP contribution in [-0.4, -0.2) is 53.1 Å². The molecule has 5 rings (SSSR count). The summed E-state index contributed by atoms with van der Waals surface area (Å²) < 4.78 is 45.9. The van der Waals surface area contributed by atoms with Gasteiger partial charge in [0.1, 0.15) is 5.56 Å². The second-order valence-electron chi connectivity index (χ2n) is 8.73. The minimum Gasteiger partial charge on any atom is -0.435 e. The highest BCUT2D eigenvalue weighted by Crippen LogP contribution is 2.37. The number of hydrogen-bond acceptors (Lipinski definition) is 6. The summed E-state index contributed by atoms with van der Waals surface area (Å²) in [6, 6.07) is 9.99. The van der Waals surface area contributed by atoms with Crippen molar-refractivity contribution in [2.75, 3.05) is 36.4 Å². The number of aryl methyl sites for hydroxylation is 2. The molecule has 3 heterocycles. The lowest BCUT2D eigenvalue weighted by Gasteiger charge is -2.35. The number of anilines is 2. The Kier molecular flexibility index (Phi) is 5.77. The van der Waals surface area contributed by atoms with Gasteiger partial charge in [0.15, 0.2) is 11.6 Å². The SMILES string of the molecule is Cc1cc2c(cc1C)Oc1nnc(N3CCN(C(=O)c4ccccc4C(F)(F)F)CC3)cc1C(=O)N2. The van der Waals surface area contributed by atoms with E-state index >= 15 is 0 Å². The molecule has 0 bridgehead atoms. The average Bonchev–Trinajstić information content (AvgIpc) is 2.99. The first-order valence-electron chi connectivity index (χ1n) is 11.3. The maximum atomic E-state index is 13.3. The Morgan fingerprint density at radius 2 is 1.69 bits per heavy atom. The van der Waals surface area contributed by atoms with Crippen molar-refractivity contribution in [3.63, 3.8) is 0 Å². The van der Waals surface area contributed by atoms with Gasteiger partial charge in [0.25, 0.3) is 17.7 Å². The number of benzene rings is 2. The van der Waals surface area contributed by atoms with Gasteiger partial charge in [-0.05, 0) is 49.2 Å². The number of fused-ring (bicyclic) bond motifs is 2. The van der Waals surface area contributed by atoms with Crippen molar-refractivity contribution in [1.82, 2.24) is 15.1 Å². The quantitative estimate of drug-likeness (QED) is 0.564. The molecule has 0 spiro atoms. The highest BCUT2D eigenvalue weighted by Gasteiger charge is 2.36. The Bertz CT molecular complexity index is 1370. The zero-order chi connectivity index (χ0) is 25.6. The summed E-state index contributed by atoms with van der Waals surface area (Å²) in [5.74, 6) is -0.101. The molecule has 36 heavy (non-hydrogen) atoms. The minimum absolute atomic E-state index is 0.0795. The number of ether oxygens (including phenoxy) is 1. The molecular weight excluding hydrogens is 475 g/mol. The Balaban J connectivity index is 1.32. The highest BCUT2D eigenvalue weighted by atomic mass is 19.4. The van der Waals surface area contributed by atoms with Gasteiger partial charge in [-0.15, -0.1) is 10.2 Å². The normalized spacial score (nSPS) is 15.4. The molecule has 2 aromatic carbocycles. The number of carbonyl (C=O) groups excluding carboxylic acids is 2. The van der Waals surface area contributed by atoms with Crippen molar-refractivity contribution < 1.29 is 27.5 Å². The zero-order valence-electron chi connectivity index (χ0n) is 19.5. The van der Waals surface area contributed by atoms with Gasteiger partial charge in [-0.2, -0.15) is 13.2 Å². The van der Waals surface area contributed by atoms with Crippen molar-refractivity contribution in [2.24, 2.45) is 0 Å². The van der Waals surface area contributed by atoms with Gasteiger partial charge in [-0.3, -0.25) is 9.59 Å². The number of nitrogens with zero attached hydrogens (tertiary/aromatic N) is 4. The number of hydrogen-bond donors (Lipinski definition) is 1. The van der Waals surface area contributed by atoms with Crippen LogP contribution in [-0.2, 0) is 6.18 Å². The second-order valence-corrected chi connectivity index (χ2v) is 8.73. The number of carbonyl (C=O) groups is 2. The van der Waals surface area contributed by atoms with Gasteiger partial charge in [-0.1, -0.05) is 12.1 Å². The fourth-order valence-corrected chi connectivity index (χ4v) is 4.25. The van der Waals surface area contributed by atoms with E-state index in [-0.39, 0.29) is 36.0 Å². The van der Waals surface area contributed by atoms with Gasteiger partial charge in [-0.25, -0.2) is 0 Å². The summed E-state index contributed by atoms with van der Waals surface area (Å²) in [6.07, 6.45) is -4.62. The molecule has 0 radical (unpaired) electrons. The molecule has 1 fully saturated rings. The Labute approximate surface area is 204 Å². The maximum Gasteiger partial charge on any atom is 0.417 e. The lowest BCUT2D eigenvalue weighted by Crippen LogP contribution is -2.49. The van der Waals surface area contributed by atoms with Gasteiger partial charge >= 0.3 is 6.18 Å². The number of amides is 2. The van der Waals surface area contributed by atoms with E-state index in [2.05, 4.69) is 15.5 Å². The first kappa shape index (κ1) is 23.6. The molecule has 8 nitrogen and oxygen atoms in total. The minimum atomic E-state index is -4.62. The van der Waals surface area contributed by atoms with Crippen LogP contribution in [0.5, 0.6) is 11.6 Å². The van der Waals surface area contributed by atoms with Crippen LogP contribution >= 0.6 is 0 Å². The van der Waals surface area contributed by atoms with E-state index < -0.39 is 17.6 Å². The van der Waals surface area contributed by atoms with Gasteiger partial charge < -0.3 is 19.9 Å². The van der Waals surface area contributed by atoms with Crippen LogP contribution in [0.15, 0.2) is 42.5 Å². The fourth-order valence-electron chi connectivity index (χ4n) is 4.25. The Hall–Kier alpha value is -4.15. The number of rotatable bonds is 2. The molecule has 186 valence electrons. The molecule has 1 saturated heterocycles. The summed E-state index contributed by atoms with van der Waals surface area (Å²) in [5, 5.41) is 11.2. The summed E-state index contributed by atoms with van der Waals surface area (Å²) >= 11 is 0. The van der Waals surface area contributed by atoms with E-state index in [0.29, 0.717) is 30.3 Å². The van der Waals surface area contributed by atoms with Crippen LogP contribution < -0.4 is 15.0 Å². The predicted molar refractivity (Wildman–Crippen MR) is 126 cm³/mol. The zero-order valence-corrected chi connectivity index (χ0v) is 19.5. The van der Waals surface area contributed by atoms with Crippen LogP contribution in [0.1, 0.15) is 37.4 Å². The van der Waals surface area contributed by atoms with Crippen molar-refractivity contribution >= 4 is 23.3 Å². The molecule has 2 aliphatic heterocycles. The third-order valence-corrected chi connectivity index (χ3v) is 6.40. The van der Waals surface area contributed by atoms with Crippen molar-refractivity contribution in [3.05, 3.63) is 70.3 Å². The standard InChI is InChI=1S/C25H22F3N5O3/c1-14-11-19-20(12-15(14)2)36-23-17(22(34)29-19)13-21(30-31-23)32-7-9-33(10-8-32)24(35)16-5-3-4-6-18(16)25(26,27)28/h3-6,11-13H,7-10H2,1-2H3,(H,29,34). The first-order chi connectivity index (χ1) is 17.1. The molecule has 0 aliphatic carbocycles. The summed E-state index contributed by atoms with van der Waals surface area (Å²) in [5.41, 5.74) is 1.42. The Morgan fingerprint density at radius 3 is 2.42 bits per heavy atom. The van der Waals surface area contributed by atoms with E-state index in [0.717, 1.165) is 17.2 Å². The topological polar surface area (TPSA) is 87.7 Å². The third kappa shape index (κ3) is 4.32. The molecular formula is C25H22F3N5O3. The van der Waals surface area contributed by atoms with Gasteiger partial charge in [0.2, 0.25) is 0 Å². The number of piperazine rings is 1. The predicted octanol–water partition coefficient (Wildman–Crippen LogP) is 4.43. The van der Waals surface area contributed by atoms with Crippen LogP contribution in [0.2, 0.25) is 0 Å². The number of halogens is 3. The largest absolute Gasteiger partial charge is 0.435 e. The van der Waals surface area contributed by atoms with Gasteiger partial charge in [0.05, 0.1) is 16.8 Å². The molecule has 3 aromatic rings. The Morgan fingerprint density at radius 1 is 1.00 bits per heavy atom. The van der Waals surface area contributed by atoms with Crippen LogP contribution in [0.25, 0.3) is 0 Å². The fraction of sp³-hybridized carbons (Fsp3) is 0.280. The lowest BCUT2D eigenvalue weighted by atomic mass is 10.1. The molecule has 0 saturated carbocycles. The third-order valence-electron chi connectivity index (χ3n) is 6.40. The molecule has 0 unspecified atom stereocenters. The summed E-state index contributed by atoms with van der Waals surface area (Å²) in [4.78, 5) is 28.9. The van der Waals surface area contributed by atoms with E-state index in [1.807, 2.05) is 30.9 Å². The highest BCUT2D eigenvalue weighted by molar-refractivity contribution is 6.08. The van der Waals surface area contributed by atoms with E-state index in [9.17, 15) is 22.8 Å². The molecule has 2 aliphatic rings. The van der Waals surface area contributed by atoms with Crippen molar-refractivity contribution in [1.29, 1.82) is 0 Å². The lowest BCUT2D eigenvalue weighted by molar-refractivity contribution is -0.138. The summed E-state index contributed by atoms with van der Waals surface area (Å²) in [6.45, 7) is 4.88. The van der Waals surface area contributed by atoms with Crippen molar-refractivity contribution in [3.8, 4) is 11.6 Å². The molecule has 11 heteroatoms. The van der Waals surface area contributed by atoms with Crippen LogP contribution in [0.3, 0.4) is 0 Å². The second kappa shape index (κ2) is 8.81. The van der Waals surface area contributed by atoms with Crippen molar-refractivity contribution in [2.45, 2.75) is 20.0 Å². The molecule has 0 atom stereocenters. The smallest absolute Gasteiger partial charge is 0.417 e. The molecule has 1 N–H and O–H groups in total. The van der Waals surface area contributed by atoms with Crippen LogP contribution in [0.4, 0.5) is 24.7 Å². The molecule has 1 aromatic heterocycles. The van der Waals surface area contributed by atoms with E-state index in [1.165, 1.54) is 23.1 Å².